The predicted molar refractivity (Wildman–Crippen MR) is 71.3 cm³/mol. The summed E-state index contributed by atoms with van der Waals surface area (Å²) in [6.07, 6.45) is 4.02. The van der Waals surface area contributed by atoms with Gasteiger partial charge < -0.3 is 10.1 Å². The highest BCUT2D eigenvalue weighted by Gasteiger charge is 2.35. The SMILES string of the molecule is CCCC1CC1NCc1ccccc1OCC. The topological polar surface area (TPSA) is 21.3 Å². The average molecular weight is 233 g/mol. The van der Waals surface area contributed by atoms with E-state index < -0.39 is 0 Å². The Bertz CT molecular complexity index is 351. The number of rotatable bonds is 7. The highest BCUT2D eigenvalue weighted by molar-refractivity contribution is 5.33. The molecule has 2 atom stereocenters. The standard InChI is InChI=1S/C15H23NO/c1-3-7-12-10-14(12)16-11-13-8-5-6-9-15(13)17-4-2/h5-6,8-9,12,14,16H,3-4,7,10-11H2,1-2H3. The van der Waals surface area contributed by atoms with Gasteiger partial charge in [0.05, 0.1) is 6.61 Å². The van der Waals surface area contributed by atoms with Crippen LogP contribution in [0.2, 0.25) is 0 Å². The molecule has 0 aromatic heterocycles. The van der Waals surface area contributed by atoms with Crippen LogP contribution in [0.5, 0.6) is 5.75 Å². The quantitative estimate of drug-likeness (QED) is 0.779. The molecule has 1 fully saturated rings. The Hall–Kier alpha value is -1.02. The molecular formula is C15H23NO. The Kier molecular flexibility index (Phi) is 4.43. The van der Waals surface area contributed by atoms with E-state index in [0.29, 0.717) is 0 Å². The Balaban J connectivity index is 1.82. The largest absolute Gasteiger partial charge is 0.494 e. The molecule has 2 heteroatoms. The maximum Gasteiger partial charge on any atom is 0.123 e. The number of para-hydroxylation sites is 1. The molecule has 1 aromatic carbocycles. The monoisotopic (exact) mass is 233 g/mol. The zero-order valence-electron chi connectivity index (χ0n) is 10.9. The maximum absolute atomic E-state index is 5.62. The second kappa shape index (κ2) is 6.06. The summed E-state index contributed by atoms with van der Waals surface area (Å²) in [7, 11) is 0. The van der Waals surface area contributed by atoms with Crippen LogP contribution in [0.1, 0.15) is 38.7 Å². The van der Waals surface area contributed by atoms with Gasteiger partial charge in [-0.2, -0.15) is 0 Å². The lowest BCUT2D eigenvalue weighted by Gasteiger charge is -2.10. The summed E-state index contributed by atoms with van der Waals surface area (Å²) in [5, 5.41) is 3.63. The predicted octanol–water partition coefficient (Wildman–Crippen LogP) is 3.36. The Morgan fingerprint density at radius 3 is 2.88 bits per heavy atom. The molecule has 0 aliphatic heterocycles. The Labute approximate surface area is 104 Å². The van der Waals surface area contributed by atoms with Crippen LogP contribution < -0.4 is 10.1 Å². The first-order valence-electron chi connectivity index (χ1n) is 6.79. The van der Waals surface area contributed by atoms with E-state index in [1.165, 1.54) is 24.8 Å². The van der Waals surface area contributed by atoms with Gasteiger partial charge in [0.25, 0.3) is 0 Å². The summed E-state index contributed by atoms with van der Waals surface area (Å²) in [5.74, 6) is 1.94. The molecule has 0 heterocycles. The lowest BCUT2D eigenvalue weighted by molar-refractivity contribution is 0.335. The van der Waals surface area contributed by atoms with E-state index >= 15 is 0 Å². The summed E-state index contributed by atoms with van der Waals surface area (Å²) >= 11 is 0. The molecule has 1 aliphatic carbocycles. The zero-order valence-corrected chi connectivity index (χ0v) is 10.9. The van der Waals surface area contributed by atoms with Gasteiger partial charge in [-0.05, 0) is 31.7 Å². The van der Waals surface area contributed by atoms with E-state index in [4.69, 9.17) is 4.74 Å². The fraction of sp³-hybridized carbons (Fsp3) is 0.600. The number of hydrogen-bond donors (Lipinski definition) is 1. The van der Waals surface area contributed by atoms with Crippen molar-refractivity contribution in [1.29, 1.82) is 0 Å². The van der Waals surface area contributed by atoms with Crippen LogP contribution in [0.15, 0.2) is 24.3 Å². The van der Waals surface area contributed by atoms with Gasteiger partial charge in [0.1, 0.15) is 5.75 Å². The van der Waals surface area contributed by atoms with Crippen molar-refractivity contribution >= 4 is 0 Å². The molecular weight excluding hydrogens is 210 g/mol. The summed E-state index contributed by atoms with van der Waals surface area (Å²) in [5.41, 5.74) is 1.27. The molecule has 1 aliphatic rings. The smallest absolute Gasteiger partial charge is 0.123 e. The Morgan fingerprint density at radius 1 is 1.29 bits per heavy atom. The van der Waals surface area contributed by atoms with Crippen molar-refractivity contribution in [2.45, 2.75) is 45.7 Å². The van der Waals surface area contributed by atoms with Crippen LogP contribution in [-0.4, -0.2) is 12.6 Å². The average Bonchev–Trinajstić information content (AvgIpc) is 3.08. The summed E-state index contributed by atoms with van der Waals surface area (Å²) in [6.45, 7) is 5.96. The molecule has 2 nitrogen and oxygen atoms in total. The maximum atomic E-state index is 5.62. The van der Waals surface area contributed by atoms with Crippen LogP contribution in [0.4, 0.5) is 0 Å². The lowest BCUT2D eigenvalue weighted by atomic mass is 10.2. The van der Waals surface area contributed by atoms with Gasteiger partial charge in [-0.15, -0.1) is 0 Å². The van der Waals surface area contributed by atoms with E-state index in [0.717, 1.165) is 30.9 Å². The molecule has 2 rings (SSSR count). The van der Waals surface area contributed by atoms with Crippen molar-refractivity contribution in [3.63, 3.8) is 0 Å². The van der Waals surface area contributed by atoms with Crippen molar-refractivity contribution in [2.75, 3.05) is 6.61 Å². The second-order valence-corrected chi connectivity index (χ2v) is 4.81. The molecule has 0 amide bonds. The van der Waals surface area contributed by atoms with E-state index in [-0.39, 0.29) is 0 Å². The molecule has 2 unspecified atom stereocenters. The molecule has 1 saturated carbocycles. The molecule has 0 saturated heterocycles. The summed E-state index contributed by atoms with van der Waals surface area (Å²) < 4.78 is 5.62. The Morgan fingerprint density at radius 2 is 2.12 bits per heavy atom. The van der Waals surface area contributed by atoms with Gasteiger partial charge in [0.2, 0.25) is 0 Å². The summed E-state index contributed by atoms with van der Waals surface area (Å²) in [6, 6.07) is 9.05. The molecule has 1 N–H and O–H groups in total. The third-order valence-electron chi connectivity index (χ3n) is 3.41. The molecule has 0 spiro atoms. The molecule has 94 valence electrons. The van der Waals surface area contributed by atoms with Crippen molar-refractivity contribution in [3.8, 4) is 5.75 Å². The normalized spacial score (nSPS) is 22.5. The minimum atomic E-state index is 0.735. The van der Waals surface area contributed by atoms with E-state index in [1.54, 1.807) is 0 Å². The van der Waals surface area contributed by atoms with Gasteiger partial charge in [0.15, 0.2) is 0 Å². The van der Waals surface area contributed by atoms with Crippen LogP contribution >= 0.6 is 0 Å². The third kappa shape index (κ3) is 3.47. The third-order valence-corrected chi connectivity index (χ3v) is 3.41. The first kappa shape index (κ1) is 12.4. The lowest BCUT2D eigenvalue weighted by Crippen LogP contribution is -2.18. The number of hydrogen-bond acceptors (Lipinski definition) is 2. The van der Waals surface area contributed by atoms with Gasteiger partial charge in [-0.1, -0.05) is 31.5 Å². The first-order chi connectivity index (χ1) is 8.35. The molecule has 17 heavy (non-hydrogen) atoms. The molecule has 1 aromatic rings. The van der Waals surface area contributed by atoms with E-state index in [9.17, 15) is 0 Å². The zero-order chi connectivity index (χ0) is 12.1. The van der Waals surface area contributed by atoms with Crippen molar-refractivity contribution in [2.24, 2.45) is 5.92 Å². The van der Waals surface area contributed by atoms with Gasteiger partial charge in [-0.25, -0.2) is 0 Å². The van der Waals surface area contributed by atoms with Gasteiger partial charge in [0, 0.05) is 18.2 Å². The van der Waals surface area contributed by atoms with E-state index in [2.05, 4.69) is 30.4 Å². The molecule has 0 radical (unpaired) electrons. The minimum absolute atomic E-state index is 0.735. The summed E-state index contributed by atoms with van der Waals surface area (Å²) in [4.78, 5) is 0. The van der Waals surface area contributed by atoms with E-state index in [1.807, 2.05) is 13.0 Å². The molecule has 0 bridgehead atoms. The van der Waals surface area contributed by atoms with Gasteiger partial charge >= 0.3 is 0 Å². The second-order valence-electron chi connectivity index (χ2n) is 4.81. The van der Waals surface area contributed by atoms with Crippen LogP contribution in [0.25, 0.3) is 0 Å². The number of nitrogens with one attached hydrogen (secondary N) is 1. The number of ether oxygens (including phenoxy) is 1. The first-order valence-corrected chi connectivity index (χ1v) is 6.79. The van der Waals surface area contributed by atoms with Crippen molar-refractivity contribution < 1.29 is 4.74 Å². The minimum Gasteiger partial charge on any atom is -0.494 e. The van der Waals surface area contributed by atoms with Gasteiger partial charge in [-0.3, -0.25) is 0 Å². The van der Waals surface area contributed by atoms with Crippen molar-refractivity contribution in [3.05, 3.63) is 29.8 Å². The highest BCUT2D eigenvalue weighted by atomic mass is 16.5. The number of benzene rings is 1. The fourth-order valence-electron chi connectivity index (χ4n) is 2.37. The highest BCUT2D eigenvalue weighted by Crippen LogP contribution is 2.35. The fourth-order valence-corrected chi connectivity index (χ4v) is 2.37. The van der Waals surface area contributed by atoms with Crippen molar-refractivity contribution in [1.82, 2.24) is 5.32 Å². The van der Waals surface area contributed by atoms with Crippen LogP contribution in [0.3, 0.4) is 0 Å². The van der Waals surface area contributed by atoms with Crippen LogP contribution in [0, 0.1) is 5.92 Å². The van der Waals surface area contributed by atoms with Crippen LogP contribution in [-0.2, 0) is 6.54 Å².